The highest BCUT2D eigenvalue weighted by molar-refractivity contribution is 5.48. The minimum absolute atomic E-state index is 0.460. The van der Waals surface area contributed by atoms with E-state index in [1.165, 1.54) is 11.1 Å². The van der Waals surface area contributed by atoms with E-state index in [0.717, 1.165) is 25.5 Å². The molecular weight excluding hydrogens is 236 g/mol. The van der Waals surface area contributed by atoms with Gasteiger partial charge in [0.05, 0.1) is 0 Å². The third-order valence-corrected chi connectivity index (χ3v) is 3.26. The fourth-order valence-electron chi connectivity index (χ4n) is 2.52. The molecule has 1 aromatic heterocycles. The van der Waals surface area contributed by atoms with Crippen LogP contribution >= 0.6 is 0 Å². The lowest BCUT2D eigenvalue weighted by atomic mass is 10.1. The van der Waals surface area contributed by atoms with Crippen LogP contribution in [-0.4, -0.2) is 50.2 Å². The third-order valence-electron chi connectivity index (χ3n) is 3.26. The molecule has 1 unspecified atom stereocenters. The summed E-state index contributed by atoms with van der Waals surface area (Å²) in [5.74, 6) is 1.11. The first kappa shape index (κ1) is 15.9. The van der Waals surface area contributed by atoms with Crippen LogP contribution in [0.5, 0.6) is 0 Å². The Kier molecular flexibility index (Phi) is 6.25. The summed E-state index contributed by atoms with van der Waals surface area (Å²) in [4.78, 5) is 9.26. The van der Waals surface area contributed by atoms with Crippen molar-refractivity contribution in [3.63, 3.8) is 0 Å². The van der Waals surface area contributed by atoms with Crippen molar-refractivity contribution >= 4 is 5.82 Å². The topological polar surface area (TPSA) is 31.4 Å². The molecule has 0 aromatic carbocycles. The van der Waals surface area contributed by atoms with Crippen molar-refractivity contribution in [1.29, 1.82) is 0 Å². The molecule has 1 N–H and O–H groups in total. The van der Waals surface area contributed by atoms with Gasteiger partial charge in [-0.25, -0.2) is 4.98 Å². The van der Waals surface area contributed by atoms with Gasteiger partial charge in [-0.05, 0) is 59.1 Å². The normalized spacial score (nSPS) is 12.8. The largest absolute Gasteiger partial charge is 0.353 e. The Hall–Kier alpha value is -1.13. The fraction of sp³-hybridized carbons (Fsp3) is 0.667. The zero-order chi connectivity index (χ0) is 14.4. The van der Waals surface area contributed by atoms with Gasteiger partial charge in [0.2, 0.25) is 0 Å². The predicted octanol–water partition coefficient (Wildman–Crippen LogP) is 1.89. The second-order valence-corrected chi connectivity index (χ2v) is 5.41. The van der Waals surface area contributed by atoms with E-state index in [2.05, 4.69) is 61.0 Å². The van der Waals surface area contributed by atoms with Gasteiger partial charge in [-0.15, -0.1) is 0 Å². The van der Waals surface area contributed by atoms with E-state index >= 15 is 0 Å². The second kappa shape index (κ2) is 7.46. The van der Waals surface area contributed by atoms with Crippen LogP contribution in [0.4, 0.5) is 5.82 Å². The maximum absolute atomic E-state index is 4.66. The molecule has 19 heavy (non-hydrogen) atoms. The van der Waals surface area contributed by atoms with Crippen molar-refractivity contribution in [3.05, 3.63) is 23.4 Å². The van der Waals surface area contributed by atoms with Crippen LogP contribution in [0.15, 0.2) is 12.3 Å². The van der Waals surface area contributed by atoms with Crippen LogP contribution in [0.2, 0.25) is 0 Å². The molecular formula is C15H28N4. The van der Waals surface area contributed by atoms with E-state index in [1.807, 2.05) is 13.2 Å². The average molecular weight is 264 g/mol. The number of pyridine rings is 1. The summed E-state index contributed by atoms with van der Waals surface area (Å²) in [6.45, 7) is 9.47. The Morgan fingerprint density at radius 3 is 2.53 bits per heavy atom. The summed E-state index contributed by atoms with van der Waals surface area (Å²) in [5, 5.41) is 3.16. The molecule has 4 nitrogen and oxygen atoms in total. The fourth-order valence-corrected chi connectivity index (χ4v) is 2.52. The first-order valence-corrected chi connectivity index (χ1v) is 7.01. The van der Waals surface area contributed by atoms with Crippen LogP contribution in [0, 0.1) is 6.92 Å². The number of hydrogen-bond donors (Lipinski definition) is 1. The smallest absolute Gasteiger partial charge is 0.131 e. The lowest BCUT2D eigenvalue weighted by molar-refractivity contribution is 0.372. The Morgan fingerprint density at radius 1 is 1.37 bits per heavy atom. The third kappa shape index (κ3) is 4.48. The molecule has 1 rings (SSSR count). The van der Waals surface area contributed by atoms with Crippen molar-refractivity contribution < 1.29 is 0 Å². The highest BCUT2D eigenvalue weighted by Gasteiger charge is 2.16. The summed E-state index contributed by atoms with van der Waals surface area (Å²) >= 11 is 0. The van der Waals surface area contributed by atoms with Gasteiger partial charge in [0.1, 0.15) is 5.82 Å². The standard InChI is InChI=1S/C15H28N4/c1-7-19(13(3)11-18(5)6)15-12(2)8-14(9-16-4)10-17-15/h8,10,13,16H,7,9,11H2,1-6H3. The number of nitrogens with zero attached hydrogens (tertiary/aromatic N) is 3. The molecule has 0 spiro atoms. The van der Waals surface area contributed by atoms with Crippen molar-refractivity contribution in [3.8, 4) is 0 Å². The van der Waals surface area contributed by atoms with Gasteiger partial charge in [0.25, 0.3) is 0 Å². The van der Waals surface area contributed by atoms with Crippen molar-refractivity contribution in [2.45, 2.75) is 33.4 Å². The van der Waals surface area contributed by atoms with E-state index in [1.54, 1.807) is 0 Å². The minimum atomic E-state index is 0.460. The van der Waals surface area contributed by atoms with Crippen LogP contribution in [0.1, 0.15) is 25.0 Å². The Balaban J connectivity index is 2.92. The second-order valence-electron chi connectivity index (χ2n) is 5.41. The van der Waals surface area contributed by atoms with Crippen molar-refractivity contribution in [1.82, 2.24) is 15.2 Å². The molecule has 0 radical (unpaired) electrons. The molecule has 0 saturated heterocycles. The summed E-state index contributed by atoms with van der Waals surface area (Å²) in [5.41, 5.74) is 2.49. The summed E-state index contributed by atoms with van der Waals surface area (Å²) in [6.07, 6.45) is 1.98. The Bertz CT molecular complexity index is 390. The van der Waals surface area contributed by atoms with E-state index < -0.39 is 0 Å². The van der Waals surface area contributed by atoms with E-state index in [9.17, 15) is 0 Å². The van der Waals surface area contributed by atoms with Crippen LogP contribution in [-0.2, 0) is 6.54 Å². The zero-order valence-corrected chi connectivity index (χ0v) is 13.2. The first-order chi connectivity index (χ1) is 8.99. The van der Waals surface area contributed by atoms with Gasteiger partial charge < -0.3 is 15.1 Å². The van der Waals surface area contributed by atoms with Gasteiger partial charge in [-0.2, -0.15) is 0 Å². The molecule has 1 heterocycles. The monoisotopic (exact) mass is 264 g/mol. The maximum atomic E-state index is 4.66. The van der Waals surface area contributed by atoms with E-state index in [0.29, 0.717) is 6.04 Å². The molecule has 0 saturated carbocycles. The predicted molar refractivity (Wildman–Crippen MR) is 82.8 cm³/mol. The highest BCUT2D eigenvalue weighted by Crippen LogP contribution is 2.20. The van der Waals surface area contributed by atoms with E-state index in [-0.39, 0.29) is 0 Å². The van der Waals surface area contributed by atoms with Crippen LogP contribution in [0.25, 0.3) is 0 Å². The number of anilines is 1. The van der Waals surface area contributed by atoms with Gasteiger partial charge >= 0.3 is 0 Å². The molecule has 0 fully saturated rings. The van der Waals surface area contributed by atoms with Crippen LogP contribution < -0.4 is 10.2 Å². The quantitative estimate of drug-likeness (QED) is 0.815. The Morgan fingerprint density at radius 2 is 2.05 bits per heavy atom. The number of nitrogens with one attached hydrogen (secondary N) is 1. The summed E-state index contributed by atoms with van der Waals surface area (Å²) in [6, 6.07) is 2.69. The highest BCUT2D eigenvalue weighted by atomic mass is 15.2. The molecule has 1 aromatic rings. The number of aryl methyl sites for hydroxylation is 1. The molecule has 0 bridgehead atoms. The lowest BCUT2D eigenvalue weighted by Gasteiger charge is -2.32. The van der Waals surface area contributed by atoms with Gasteiger partial charge in [0, 0.05) is 31.9 Å². The first-order valence-electron chi connectivity index (χ1n) is 7.01. The number of likely N-dealkylation sites (N-methyl/N-ethyl adjacent to an activating group) is 2. The molecule has 0 aliphatic heterocycles. The lowest BCUT2D eigenvalue weighted by Crippen LogP contribution is -2.40. The van der Waals surface area contributed by atoms with Gasteiger partial charge in [0.15, 0.2) is 0 Å². The zero-order valence-electron chi connectivity index (χ0n) is 13.2. The van der Waals surface area contributed by atoms with Gasteiger partial charge in [-0.3, -0.25) is 0 Å². The minimum Gasteiger partial charge on any atom is -0.353 e. The average Bonchev–Trinajstić information content (AvgIpc) is 2.32. The number of hydrogen-bond acceptors (Lipinski definition) is 4. The van der Waals surface area contributed by atoms with Crippen molar-refractivity contribution in [2.24, 2.45) is 0 Å². The Labute approximate surface area is 117 Å². The molecule has 0 aliphatic carbocycles. The molecule has 0 amide bonds. The van der Waals surface area contributed by atoms with Gasteiger partial charge in [-0.1, -0.05) is 0 Å². The summed E-state index contributed by atoms with van der Waals surface area (Å²) in [7, 11) is 6.18. The van der Waals surface area contributed by atoms with Crippen molar-refractivity contribution in [2.75, 3.05) is 39.1 Å². The summed E-state index contributed by atoms with van der Waals surface area (Å²) < 4.78 is 0. The van der Waals surface area contributed by atoms with Crippen LogP contribution in [0.3, 0.4) is 0 Å². The molecule has 4 heteroatoms. The maximum Gasteiger partial charge on any atom is 0.131 e. The molecule has 0 aliphatic rings. The number of aromatic nitrogens is 1. The molecule has 108 valence electrons. The molecule has 1 atom stereocenters. The SMILES string of the molecule is CCN(c1ncc(CNC)cc1C)C(C)CN(C)C. The number of rotatable bonds is 7. The van der Waals surface area contributed by atoms with E-state index in [4.69, 9.17) is 0 Å².